The van der Waals surface area contributed by atoms with Crippen molar-refractivity contribution in [3.63, 3.8) is 0 Å². The smallest absolute Gasteiger partial charge is 0.241 e. The van der Waals surface area contributed by atoms with Crippen molar-refractivity contribution in [1.29, 1.82) is 0 Å². The van der Waals surface area contributed by atoms with Crippen LogP contribution in [0.5, 0.6) is 11.5 Å². The number of likely N-dealkylation sites (N-methyl/N-ethyl adjacent to an activating group) is 1. The number of nitrogens with zero attached hydrogens (tertiary/aromatic N) is 2. The molecule has 1 aromatic carbocycles. The van der Waals surface area contributed by atoms with Gasteiger partial charge < -0.3 is 19.3 Å². The third-order valence-electron chi connectivity index (χ3n) is 3.48. The molecule has 1 fully saturated rings. The lowest BCUT2D eigenvalue weighted by Crippen LogP contribution is -2.38. The number of methoxy groups -OCH3 is 2. The number of thioether (sulfide) groups is 1. The topological polar surface area (TPSA) is 59.1 Å². The van der Waals surface area contributed by atoms with E-state index in [1.807, 2.05) is 12.1 Å². The van der Waals surface area contributed by atoms with Gasteiger partial charge in [0.1, 0.15) is 23.4 Å². The first kappa shape index (κ1) is 16.5. The van der Waals surface area contributed by atoms with E-state index in [2.05, 4.69) is 0 Å². The highest BCUT2D eigenvalue weighted by Crippen LogP contribution is 2.43. The van der Waals surface area contributed by atoms with Gasteiger partial charge in [-0.05, 0) is 18.2 Å². The zero-order valence-corrected chi connectivity index (χ0v) is 14.0. The molecule has 1 aliphatic heterocycles. The monoisotopic (exact) mass is 324 g/mol. The van der Waals surface area contributed by atoms with Gasteiger partial charge in [0.2, 0.25) is 11.8 Å². The van der Waals surface area contributed by atoms with Gasteiger partial charge in [-0.25, -0.2) is 0 Å². The lowest BCUT2D eigenvalue weighted by atomic mass is 10.1. The highest BCUT2D eigenvalue weighted by molar-refractivity contribution is 8.00. The van der Waals surface area contributed by atoms with Crippen molar-refractivity contribution < 1.29 is 19.1 Å². The molecule has 1 atom stereocenters. The minimum atomic E-state index is -0.249. The second-order valence-electron chi connectivity index (χ2n) is 5.08. The molecule has 120 valence electrons. The van der Waals surface area contributed by atoms with Gasteiger partial charge in [0.05, 0.1) is 20.0 Å². The molecule has 0 N–H and O–H groups in total. The Kier molecular flexibility index (Phi) is 5.18. The normalized spacial score (nSPS) is 17.5. The summed E-state index contributed by atoms with van der Waals surface area (Å²) in [5.41, 5.74) is 0.837. The molecule has 0 unspecified atom stereocenters. The van der Waals surface area contributed by atoms with Crippen molar-refractivity contribution in [3.05, 3.63) is 23.8 Å². The Morgan fingerprint density at radius 1 is 1.36 bits per heavy atom. The molecule has 6 nitrogen and oxygen atoms in total. The van der Waals surface area contributed by atoms with Crippen LogP contribution in [-0.2, 0) is 9.59 Å². The quantitative estimate of drug-likeness (QED) is 0.819. The maximum atomic E-state index is 12.1. The van der Waals surface area contributed by atoms with Gasteiger partial charge in [0, 0.05) is 19.7 Å². The maximum absolute atomic E-state index is 12.1. The zero-order chi connectivity index (χ0) is 16.3. The van der Waals surface area contributed by atoms with Crippen LogP contribution in [0.3, 0.4) is 0 Å². The van der Waals surface area contributed by atoms with E-state index in [1.54, 1.807) is 39.3 Å². The van der Waals surface area contributed by atoms with Gasteiger partial charge in [0.25, 0.3) is 0 Å². The average molecular weight is 324 g/mol. The van der Waals surface area contributed by atoms with Crippen molar-refractivity contribution in [3.8, 4) is 11.5 Å². The molecule has 0 aliphatic carbocycles. The predicted molar refractivity (Wildman–Crippen MR) is 85.2 cm³/mol. The Balaban J connectivity index is 2.33. The fraction of sp³-hybridized carbons (Fsp3) is 0.467. The number of benzene rings is 1. The van der Waals surface area contributed by atoms with Gasteiger partial charge in [-0.2, -0.15) is 0 Å². The minimum Gasteiger partial charge on any atom is -0.497 e. The van der Waals surface area contributed by atoms with Gasteiger partial charge in [-0.1, -0.05) is 0 Å². The van der Waals surface area contributed by atoms with E-state index >= 15 is 0 Å². The second-order valence-corrected chi connectivity index (χ2v) is 6.15. The van der Waals surface area contributed by atoms with Crippen molar-refractivity contribution >= 4 is 23.6 Å². The van der Waals surface area contributed by atoms with Crippen molar-refractivity contribution in [2.24, 2.45) is 0 Å². The van der Waals surface area contributed by atoms with Crippen LogP contribution in [0.4, 0.5) is 0 Å². The van der Waals surface area contributed by atoms with E-state index < -0.39 is 0 Å². The molecule has 0 spiro atoms. The number of carbonyl (C=O) groups excluding carboxylic acids is 2. The molecule has 1 saturated heterocycles. The zero-order valence-electron chi connectivity index (χ0n) is 13.2. The van der Waals surface area contributed by atoms with Crippen molar-refractivity contribution in [2.75, 3.05) is 40.6 Å². The lowest BCUT2D eigenvalue weighted by molar-refractivity contribution is -0.137. The molecule has 7 heteroatoms. The van der Waals surface area contributed by atoms with Gasteiger partial charge >= 0.3 is 0 Å². The Labute approximate surface area is 134 Å². The number of ether oxygens (including phenoxy) is 2. The summed E-state index contributed by atoms with van der Waals surface area (Å²) in [6.07, 6.45) is 0. The van der Waals surface area contributed by atoms with Crippen LogP contribution in [0.15, 0.2) is 18.2 Å². The summed E-state index contributed by atoms with van der Waals surface area (Å²) in [6.45, 7) is 0.0594. The first-order valence-electron chi connectivity index (χ1n) is 6.81. The molecule has 2 amide bonds. The number of hydrogen-bond acceptors (Lipinski definition) is 5. The Bertz CT molecular complexity index is 577. The maximum Gasteiger partial charge on any atom is 0.241 e. The molecule has 1 aromatic rings. The fourth-order valence-corrected chi connectivity index (χ4v) is 3.40. The summed E-state index contributed by atoms with van der Waals surface area (Å²) in [7, 11) is 6.53. The van der Waals surface area contributed by atoms with Crippen molar-refractivity contribution in [2.45, 2.75) is 5.37 Å². The summed E-state index contributed by atoms with van der Waals surface area (Å²) >= 11 is 1.48. The van der Waals surface area contributed by atoms with E-state index in [0.29, 0.717) is 17.3 Å². The van der Waals surface area contributed by atoms with E-state index in [1.165, 1.54) is 16.7 Å². The van der Waals surface area contributed by atoms with E-state index in [4.69, 9.17) is 9.47 Å². The summed E-state index contributed by atoms with van der Waals surface area (Å²) in [4.78, 5) is 27.2. The average Bonchev–Trinajstić information content (AvgIpc) is 2.87. The van der Waals surface area contributed by atoms with Gasteiger partial charge in [-0.3, -0.25) is 9.59 Å². The van der Waals surface area contributed by atoms with E-state index in [-0.39, 0.29) is 23.7 Å². The Hall–Kier alpha value is -1.89. The first-order chi connectivity index (χ1) is 10.5. The van der Waals surface area contributed by atoms with Crippen LogP contribution >= 0.6 is 11.8 Å². The SMILES string of the molecule is COc1ccc(OC)c([C@H]2SCC(=O)N2CC(=O)N(C)C)c1. The third kappa shape index (κ3) is 3.30. The molecule has 0 saturated carbocycles. The lowest BCUT2D eigenvalue weighted by Gasteiger charge is -2.26. The van der Waals surface area contributed by atoms with Crippen LogP contribution in [-0.4, -0.2) is 62.2 Å². The van der Waals surface area contributed by atoms with Gasteiger partial charge in [0.15, 0.2) is 0 Å². The molecule has 0 bridgehead atoms. The molecular formula is C15H20N2O4S. The number of hydrogen-bond donors (Lipinski definition) is 0. The third-order valence-corrected chi connectivity index (χ3v) is 4.71. The summed E-state index contributed by atoms with van der Waals surface area (Å²) in [5, 5.41) is -0.249. The molecule has 0 radical (unpaired) electrons. The Morgan fingerprint density at radius 3 is 2.68 bits per heavy atom. The van der Waals surface area contributed by atoms with E-state index in [9.17, 15) is 9.59 Å². The summed E-state index contributed by atoms with van der Waals surface area (Å²) < 4.78 is 10.6. The van der Waals surface area contributed by atoms with Crippen LogP contribution in [0.1, 0.15) is 10.9 Å². The largest absolute Gasteiger partial charge is 0.497 e. The molecule has 22 heavy (non-hydrogen) atoms. The molecule has 2 rings (SSSR count). The standard InChI is InChI=1S/C15H20N2O4S/c1-16(2)13(18)8-17-14(19)9-22-15(17)11-7-10(20-3)5-6-12(11)21-4/h5-7,15H,8-9H2,1-4H3/t15-/m1/s1. The second kappa shape index (κ2) is 6.91. The number of amides is 2. The van der Waals surface area contributed by atoms with Crippen LogP contribution in [0.2, 0.25) is 0 Å². The van der Waals surface area contributed by atoms with Crippen LogP contribution < -0.4 is 9.47 Å². The molecule has 0 aromatic heterocycles. The number of carbonyl (C=O) groups is 2. The molecule has 1 heterocycles. The molecule has 1 aliphatic rings. The highest BCUT2D eigenvalue weighted by atomic mass is 32.2. The fourth-order valence-electron chi connectivity index (χ4n) is 2.20. The molecular weight excluding hydrogens is 304 g/mol. The van der Waals surface area contributed by atoms with Crippen LogP contribution in [0.25, 0.3) is 0 Å². The summed E-state index contributed by atoms with van der Waals surface area (Å²) in [5.74, 6) is 1.56. The minimum absolute atomic E-state index is 0.0462. The number of rotatable bonds is 5. The Morgan fingerprint density at radius 2 is 2.09 bits per heavy atom. The summed E-state index contributed by atoms with van der Waals surface area (Å²) in [6, 6.07) is 5.46. The van der Waals surface area contributed by atoms with Gasteiger partial charge in [-0.15, -0.1) is 11.8 Å². The first-order valence-corrected chi connectivity index (χ1v) is 7.86. The highest BCUT2D eigenvalue weighted by Gasteiger charge is 2.36. The van der Waals surface area contributed by atoms with Crippen molar-refractivity contribution in [1.82, 2.24) is 9.80 Å². The predicted octanol–water partition coefficient (Wildman–Crippen LogP) is 1.37. The van der Waals surface area contributed by atoms with Crippen LogP contribution in [0, 0.1) is 0 Å². The van der Waals surface area contributed by atoms with E-state index in [0.717, 1.165) is 5.56 Å².